The molecule has 1 aliphatic rings. The Hall–Kier alpha value is -1.10. The zero-order valence-corrected chi connectivity index (χ0v) is 18.5. The Morgan fingerprint density at radius 1 is 1.07 bits per heavy atom. The lowest BCUT2D eigenvalue weighted by molar-refractivity contribution is 0.0691. The normalized spacial score (nSPS) is 15.6. The van der Waals surface area contributed by atoms with Crippen molar-refractivity contribution in [3.8, 4) is 0 Å². The second kappa shape index (κ2) is 8.73. The average Bonchev–Trinajstić information content (AvgIpc) is 2.67. The Morgan fingerprint density at radius 2 is 1.68 bits per heavy atom. The maximum Gasteiger partial charge on any atom is 0.274 e. The Morgan fingerprint density at radius 3 is 2.25 bits per heavy atom. The van der Waals surface area contributed by atoms with E-state index in [9.17, 15) is 13.2 Å². The minimum atomic E-state index is -3.88. The van der Waals surface area contributed by atoms with Gasteiger partial charge in [0.1, 0.15) is 4.90 Å². The van der Waals surface area contributed by atoms with Crippen molar-refractivity contribution in [2.75, 3.05) is 32.4 Å². The molecule has 1 fully saturated rings. The van der Waals surface area contributed by atoms with Crippen LogP contribution in [0.5, 0.6) is 0 Å². The zero-order valence-electron chi connectivity index (χ0n) is 14.6. The number of nitrogens with zero attached hydrogens (tertiary/aromatic N) is 4. The molecule has 0 atom stereocenters. The van der Waals surface area contributed by atoms with E-state index in [0.29, 0.717) is 5.16 Å². The average molecular weight is 482 g/mol. The second-order valence-corrected chi connectivity index (χ2v) is 9.67. The highest BCUT2D eigenvalue weighted by Crippen LogP contribution is 2.32. The number of aromatic nitrogens is 2. The summed E-state index contributed by atoms with van der Waals surface area (Å²) < 4.78 is 27.1. The van der Waals surface area contributed by atoms with Crippen LogP contribution in [0.25, 0.3) is 0 Å². The lowest BCUT2D eigenvalue weighted by Gasteiger charge is -2.34. The summed E-state index contributed by atoms with van der Waals surface area (Å²) in [5.41, 5.74) is 0.103. The zero-order chi connectivity index (χ0) is 20.5. The van der Waals surface area contributed by atoms with E-state index in [-0.39, 0.29) is 57.7 Å². The van der Waals surface area contributed by atoms with Crippen molar-refractivity contribution in [2.45, 2.75) is 10.1 Å². The smallest absolute Gasteiger partial charge is 0.274 e. The Labute approximate surface area is 182 Å². The molecule has 0 unspecified atom stereocenters. The number of carbonyl (C=O) groups is 1. The number of amides is 1. The van der Waals surface area contributed by atoms with Gasteiger partial charge in [-0.25, -0.2) is 18.4 Å². The summed E-state index contributed by atoms with van der Waals surface area (Å²) in [6.07, 6.45) is 3.18. The first kappa shape index (κ1) is 21.6. The first-order valence-electron chi connectivity index (χ1n) is 8.05. The van der Waals surface area contributed by atoms with Crippen LogP contribution in [0.4, 0.5) is 0 Å². The number of halogens is 3. The van der Waals surface area contributed by atoms with Gasteiger partial charge >= 0.3 is 0 Å². The first-order valence-corrected chi connectivity index (χ1v) is 11.9. The van der Waals surface area contributed by atoms with Crippen LogP contribution >= 0.6 is 46.6 Å². The van der Waals surface area contributed by atoms with Gasteiger partial charge in [0.25, 0.3) is 5.91 Å². The van der Waals surface area contributed by atoms with E-state index in [1.54, 1.807) is 12.3 Å². The van der Waals surface area contributed by atoms with E-state index in [1.807, 2.05) is 0 Å². The summed E-state index contributed by atoms with van der Waals surface area (Å²) >= 11 is 19.5. The molecule has 12 heteroatoms. The number of thioether (sulfide) groups is 1. The van der Waals surface area contributed by atoms with E-state index in [0.717, 1.165) is 0 Å². The van der Waals surface area contributed by atoms with Gasteiger partial charge in [0.2, 0.25) is 10.0 Å². The Balaban J connectivity index is 1.77. The van der Waals surface area contributed by atoms with Gasteiger partial charge in [0, 0.05) is 26.2 Å². The predicted octanol–water partition coefficient (Wildman–Crippen LogP) is 3.31. The molecular weight excluding hydrogens is 467 g/mol. The van der Waals surface area contributed by atoms with Gasteiger partial charge in [0.05, 0.1) is 21.3 Å². The van der Waals surface area contributed by atoms with Crippen LogP contribution in [0.1, 0.15) is 10.5 Å². The summed E-state index contributed by atoms with van der Waals surface area (Å²) in [6, 6.07) is 4.52. The molecule has 28 heavy (non-hydrogen) atoms. The van der Waals surface area contributed by atoms with Crippen molar-refractivity contribution in [2.24, 2.45) is 0 Å². The van der Waals surface area contributed by atoms with Gasteiger partial charge in [-0.15, -0.1) is 0 Å². The number of piperazine rings is 1. The minimum Gasteiger partial charge on any atom is -0.335 e. The standard InChI is InChI=1S/C16H15Cl3N4O3S2/c1-27-16-20-9-12(19)13(21-16)15(24)22-5-7-23(8-6-22)28(25,26)14-10(17)3-2-4-11(14)18/h2-4,9H,5-8H2,1H3. The van der Waals surface area contributed by atoms with Crippen LogP contribution in [0.3, 0.4) is 0 Å². The van der Waals surface area contributed by atoms with Crippen molar-refractivity contribution < 1.29 is 13.2 Å². The molecule has 0 N–H and O–H groups in total. The largest absolute Gasteiger partial charge is 0.335 e. The van der Waals surface area contributed by atoms with Crippen molar-refractivity contribution >= 4 is 62.5 Å². The molecule has 2 heterocycles. The van der Waals surface area contributed by atoms with E-state index >= 15 is 0 Å². The molecule has 1 saturated heterocycles. The summed E-state index contributed by atoms with van der Waals surface area (Å²) in [6.45, 7) is 0.589. The van der Waals surface area contributed by atoms with E-state index in [1.165, 1.54) is 39.3 Å². The monoisotopic (exact) mass is 480 g/mol. The molecule has 1 aliphatic heterocycles. The molecule has 1 aromatic carbocycles. The number of hydrogen-bond donors (Lipinski definition) is 0. The van der Waals surface area contributed by atoms with Crippen molar-refractivity contribution in [3.63, 3.8) is 0 Å². The predicted molar refractivity (Wildman–Crippen MR) is 110 cm³/mol. The third kappa shape index (κ3) is 4.24. The van der Waals surface area contributed by atoms with Gasteiger partial charge in [-0.3, -0.25) is 4.79 Å². The molecule has 0 radical (unpaired) electrons. The third-order valence-corrected chi connectivity index (χ3v) is 7.84. The quantitative estimate of drug-likeness (QED) is 0.492. The molecule has 7 nitrogen and oxygen atoms in total. The highest BCUT2D eigenvalue weighted by molar-refractivity contribution is 7.98. The number of carbonyl (C=O) groups excluding carboxylic acids is 1. The van der Waals surface area contributed by atoms with Crippen LogP contribution in [0.15, 0.2) is 34.4 Å². The maximum absolute atomic E-state index is 12.9. The number of sulfonamides is 1. The second-order valence-electron chi connectivity index (χ2n) is 5.80. The van der Waals surface area contributed by atoms with Gasteiger partial charge in [-0.05, 0) is 18.4 Å². The van der Waals surface area contributed by atoms with Crippen LogP contribution in [0.2, 0.25) is 15.1 Å². The molecule has 1 aromatic heterocycles. The fourth-order valence-corrected chi connectivity index (χ4v) is 5.76. The lowest BCUT2D eigenvalue weighted by Crippen LogP contribution is -2.50. The van der Waals surface area contributed by atoms with Gasteiger partial charge in [0.15, 0.2) is 10.9 Å². The maximum atomic E-state index is 12.9. The minimum absolute atomic E-state index is 0.0587. The van der Waals surface area contributed by atoms with Gasteiger partial charge < -0.3 is 4.90 Å². The summed E-state index contributed by atoms with van der Waals surface area (Å²) in [5.74, 6) is -0.365. The van der Waals surface area contributed by atoms with Crippen molar-refractivity contribution in [1.29, 1.82) is 0 Å². The van der Waals surface area contributed by atoms with E-state index in [2.05, 4.69) is 9.97 Å². The van der Waals surface area contributed by atoms with Crippen LogP contribution in [0, 0.1) is 0 Å². The molecule has 2 aromatic rings. The van der Waals surface area contributed by atoms with Gasteiger partial charge in [-0.2, -0.15) is 4.31 Å². The molecule has 0 spiro atoms. The molecule has 0 saturated carbocycles. The number of hydrogen-bond acceptors (Lipinski definition) is 6. The van der Waals surface area contributed by atoms with E-state index in [4.69, 9.17) is 34.8 Å². The molecule has 150 valence electrons. The fraction of sp³-hybridized carbons (Fsp3) is 0.312. The van der Waals surface area contributed by atoms with Crippen molar-refractivity contribution in [3.05, 3.63) is 45.2 Å². The number of benzene rings is 1. The lowest BCUT2D eigenvalue weighted by atomic mass is 10.3. The molecule has 0 aliphatic carbocycles. The fourth-order valence-electron chi connectivity index (χ4n) is 2.74. The first-order chi connectivity index (χ1) is 13.3. The molecule has 3 rings (SSSR count). The van der Waals surface area contributed by atoms with Gasteiger partial charge in [-0.1, -0.05) is 52.6 Å². The number of rotatable bonds is 4. The highest BCUT2D eigenvalue weighted by Gasteiger charge is 2.34. The van der Waals surface area contributed by atoms with Crippen LogP contribution in [-0.4, -0.2) is 65.9 Å². The van der Waals surface area contributed by atoms with Crippen molar-refractivity contribution in [1.82, 2.24) is 19.2 Å². The Bertz CT molecular complexity index is 992. The van der Waals surface area contributed by atoms with E-state index < -0.39 is 10.0 Å². The third-order valence-electron chi connectivity index (χ3n) is 4.15. The molecular formula is C16H15Cl3N4O3S2. The highest BCUT2D eigenvalue weighted by atomic mass is 35.5. The summed E-state index contributed by atoms with van der Waals surface area (Å²) in [5, 5.41) is 0.703. The summed E-state index contributed by atoms with van der Waals surface area (Å²) in [4.78, 5) is 22.3. The van der Waals surface area contributed by atoms with Crippen LogP contribution in [-0.2, 0) is 10.0 Å². The molecule has 0 bridgehead atoms. The topological polar surface area (TPSA) is 83.5 Å². The molecule has 1 amide bonds. The summed E-state index contributed by atoms with van der Waals surface area (Å²) in [7, 11) is -3.88. The SMILES string of the molecule is CSc1ncc(Cl)c(C(=O)N2CCN(S(=O)(=O)c3c(Cl)cccc3Cl)CC2)n1. The van der Waals surface area contributed by atoms with Crippen LogP contribution < -0.4 is 0 Å². The Kier molecular flexibility index (Phi) is 6.73.